The van der Waals surface area contributed by atoms with E-state index in [9.17, 15) is 4.79 Å². The van der Waals surface area contributed by atoms with Gasteiger partial charge in [-0.25, -0.2) is 0 Å². The van der Waals surface area contributed by atoms with Crippen LogP contribution in [0.2, 0.25) is 0 Å². The Kier molecular flexibility index (Phi) is 4.34. The minimum absolute atomic E-state index is 0.146. The van der Waals surface area contributed by atoms with Crippen LogP contribution in [-0.2, 0) is 6.54 Å². The number of nitrogens with two attached hydrogens (primary N) is 1. The van der Waals surface area contributed by atoms with E-state index in [-0.39, 0.29) is 5.91 Å². The van der Waals surface area contributed by atoms with Crippen molar-refractivity contribution in [3.05, 3.63) is 84.2 Å². The number of nitrogens with one attached hydrogen (secondary N) is 1. The van der Waals surface area contributed by atoms with Crippen molar-refractivity contribution in [2.45, 2.75) is 6.54 Å². The summed E-state index contributed by atoms with van der Waals surface area (Å²) >= 11 is 0. The van der Waals surface area contributed by atoms with Crippen LogP contribution in [0.15, 0.2) is 73.1 Å². The minimum Gasteiger partial charge on any atom is -0.399 e. The first-order chi connectivity index (χ1) is 11.2. The van der Waals surface area contributed by atoms with Gasteiger partial charge in [-0.3, -0.25) is 9.78 Å². The summed E-state index contributed by atoms with van der Waals surface area (Å²) in [6, 6.07) is 19.1. The second-order valence-corrected chi connectivity index (χ2v) is 5.26. The van der Waals surface area contributed by atoms with Gasteiger partial charge in [0.05, 0.1) is 5.56 Å². The molecule has 0 spiro atoms. The highest BCUT2D eigenvalue weighted by molar-refractivity contribution is 5.95. The summed E-state index contributed by atoms with van der Waals surface area (Å²) in [7, 11) is 0. The molecule has 0 radical (unpaired) electrons. The number of nitrogens with zero attached hydrogens (tertiary/aromatic N) is 1. The number of anilines is 1. The third kappa shape index (κ3) is 3.74. The second kappa shape index (κ2) is 6.75. The lowest BCUT2D eigenvalue weighted by Crippen LogP contribution is -2.22. The molecule has 0 fully saturated rings. The molecule has 0 saturated heterocycles. The predicted octanol–water partition coefficient (Wildman–Crippen LogP) is 3.26. The summed E-state index contributed by atoms with van der Waals surface area (Å²) in [5.41, 5.74) is 9.88. The summed E-state index contributed by atoms with van der Waals surface area (Å²) in [5, 5.41) is 2.90. The van der Waals surface area contributed by atoms with E-state index in [2.05, 4.69) is 10.3 Å². The number of rotatable bonds is 4. The average Bonchev–Trinajstić information content (AvgIpc) is 2.61. The summed E-state index contributed by atoms with van der Waals surface area (Å²) in [5.74, 6) is -0.146. The van der Waals surface area contributed by atoms with Crippen LogP contribution in [0.3, 0.4) is 0 Å². The number of hydrogen-bond donors (Lipinski definition) is 2. The Labute approximate surface area is 135 Å². The van der Waals surface area contributed by atoms with Crippen molar-refractivity contribution in [1.29, 1.82) is 0 Å². The first-order valence-electron chi connectivity index (χ1n) is 7.35. The van der Waals surface area contributed by atoms with Gasteiger partial charge < -0.3 is 11.1 Å². The summed E-state index contributed by atoms with van der Waals surface area (Å²) < 4.78 is 0. The molecule has 0 aliphatic rings. The Morgan fingerprint density at radius 2 is 1.78 bits per heavy atom. The fraction of sp³-hybridized carbons (Fsp3) is 0.0526. The molecule has 4 nitrogen and oxygen atoms in total. The number of aromatic nitrogens is 1. The van der Waals surface area contributed by atoms with Gasteiger partial charge in [-0.15, -0.1) is 0 Å². The average molecular weight is 303 g/mol. The SMILES string of the molecule is Nc1cccc(-c2cncc(C(=O)NCc3ccccc3)c2)c1. The fourth-order valence-electron chi connectivity index (χ4n) is 2.32. The first kappa shape index (κ1) is 14.8. The van der Waals surface area contributed by atoms with Crippen molar-refractivity contribution in [2.75, 3.05) is 5.73 Å². The van der Waals surface area contributed by atoms with Crippen molar-refractivity contribution in [3.8, 4) is 11.1 Å². The van der Waals surface area contributed by atoms with Gasteiger partial charge in [0.15, 0.2) is 0 Å². The maximum Gasteiger partial charge on any atom is 0.253 e. The van der Waals surface area contributed by atoms with Gasteiger partial charge in [0, 0.05) is 30.2 Å². The number of carbonyl (C=O) groups is 1. The molecule has 0 atom stereocenters. The van der Waals surface area contributed by atoms with Crippen molar-refractivity contribution in [3.63, 3.8) is 0 Å². The molecule has 1 aromatic heterocycles. The molecule has 0 saturated carbocycles. The van der Waals surface area contributed by atoms with Gasteiger partial charge in [0.2, 0.25) is 0 Å². The first-order valence-corrected chi connectivity index (χ1v) is 7.35. The molecular weight excluding hydrogens is 286 g/mol. The minimum atomic E-state index is -0.146. The summed E-state index contributed by atoms with van der Waals surface area (Å²) in [6.07, 6.45) is 3.29. The van der Waals surface area contributed by atoms with Crippen LogP contribution >= 0.6 is 0 Å². The second-order valence-electron chi connectivity index (χ2n) is 5.26. The van der Waals surface area contributed by atoms with Crippen LogP contribution in [0, 0.1) is 0 Å². The Morgan fingerprint density at radius 1 is 0.957 bits per heavy atom. The molecule has 3 N–H and O–H groups in total. The predicted molar refractivity (Wildman–Crippen MR) is 91.7 cm³/mol. The summed E-state index contributed by atoms with van der Waals surface area (Å²) in [6.45, 7) is 0.488. The lowest BCUT2D eigenvalue weighted by Gasteiger charge is -2.07. The highest BCUT2D eigenvalue weighted by Crippen LogP contribution is 2.21. The Balaban J connectivity index is 1.75. The smallest absolute Gasteiger partial charge is 0.253 e. The van der Waals surface area contributed by atoms with Crippen molar-refractivity contribution >= 4 is 11.6 Å². The van der Waals surface area contributed by atoms with Crippen LogP contribution in [-0.4, -0.2) is 10.9 Å². The maximum absolute atomic E-state index is 12.3. The van der Waals surface area contributed by atoms with Gasteiger partial charge in [-0.1, -0.05) is 42.5 Å². The van der Waals surface area contributed by atoms with Crippen LogP contribution in [0.25, 0.3) is 11.1 Å². The summed E-state index contributed by atoms with van der Waals surface area (Å²) in [4.78, 5) is 16.5. The van der Waals surface area contributed by atoms with E-state index in [1.54, 1.807) is 12.4 Å². The number of carbonyl (C=O) groups excluding carboxylic acids is 1. The zero-order chi connectivity index (χ0) is 16.1. The van der Waals surface area contributed by atoms with E-state index < -0.39 is 0 Å². The van der Waals surface area contributed by atoms with E-state index in [1.165, 1.54) is 0 Å². The molecule has 0 aliphatic heterocycles. The van der Waals surface area contributed by atoms with Crippen LogP contribution in [0.4, 0.5) is 5.69 Å². The Hall–Kier alpha value is -3.14. The largest absolute Gasteiger partial charge is 0.399 e. The van der Waals surface area contributed by atoms with Crippen LogP contribution in [0.5, 0.6) is 0 Å². The molecule has 0 aliphatic carbocycles. The molecule has 0 unspecified atom stereocenters. The monoisotopic (exact) mass is 303 g/mol. The molecule has 3 rings (SSSR count). The molecule has 1 amide bonds. The zero-order valence-electron chi connectivity index (χ0n) is 12.6. The van der Waals surface area contributed by atoms with E-state index >= 15 is 0 Å². The van der Waals surface area contributed by atoms with Gasteiger partial charge in [0.25, 0.3) is 5.91 Å². The van der Waals surface area contributed by atoms with Gasteiger partial charge in [-0.2, -0.15) is 0 Å². The van der Waals surface area contributed by atoms with Gasteiger partial charge in [-0.05, 0) is 29.3 Å². The molecule has 3 aromatic rings. The zero-order valence-corrected chi connectivity index (χ0v) is 12.6. The third-order valence-electron chi connectivity index (χ3n) is 3.52. The Morgan fingerprint density at radius 3 is 2.57 bits per heavy atom. The van der Waals surface area contributed by atoms with E-state index in [4.69, 9.17) is 5.73 Å². The molecule has 1 heterocycles. The Bertz CT molecular complexity index is 816. The molecule has 0 bridgehead atoms. The molecule has 2 aromatic carbocycles. The third-order valence-corrected chi connectivity index (χ3v) is 3.52. The quantitative estimate of drug-likeness (QED) is 0.727. The number of amides is 1. The number of hydrogen-bond acceptors (Lipinski definition) is 3. The highest BCUT2D eigenvalue weighted by atomic mass is 16.1. The van der Waals surface area contributed by atoms with Gasteiger partial charge in [0.1, 0.15) is 0 Å². The maximum atomic E-state index is 12.3. The molecule has 23 heavy (non-hydrogen) atoms. The van der Waals surface area contributed by atoms with E-state index in [1.807, 2.05) is 60.7 Å². The lowest BCUT2D eigenvalue weighted by atomic mass is 10.1. The van der Waals surface area contributed by atoms with E-state index in [0.717, 1.165) is 16.7 Å². The highest BCUT2D eigenvalue weighted by Gasteiger charge is 2.08. The number of pyridine rings is 1. The van der Waals surface area contributed by atoms with Crippen LogP contribution in [0.1, 0.15) is 15.9 Å². The number of nitrogen functional groups attached to an aromatic ring is 1. The number of benzene rings is 2. The van der Waals surface area contributed by atoms with Crippen molar-refractivity contribution < 1.29 is 4.79 Å². The normalized spacial score (nSPS) is 10.3. The fourth-order valence-corrected chi connectivity index (χ4v) is 2.32. The molecule has 114 valence electrons. The lowest BCUT2D eigenvalue weighted by molar-refractivity contribution is 0.0950. The molecule has 4 heteroatoms. The van der Waals surface area contributed by atoms with Gasteiger partial charge >= 0.3 is 0 Å². The molecular formula is C19H17N3O. The van der Waals surface area contributed by atoms with Crippen molar-refractivity contribution in [1.82, 2.24) is 10.3 Å². The topological polar surface area (TPSA) is 68.0 Å². The van der Waals surface area contributed by atoms with Crippen LogP contribution < -0.4 is 11.1 Å². The van der Waals surface area contributed by atoms with E-state index in [0.29, 0.717) is 17.8 Å². The van der Waals surface area contributed by atoms with Crippen molar-refractivity contribution in [2.24, 2.45) is 0 Å². The standard InChI is InChI=1S/C19H17N3O/c20-18-8-4-7-15(10-18)16-9-17(13-21-12-16)19(23)22-11-14-5-2-1-3-6-14/h1-10,12-13H,11,20H2,(H,22,23).